The molecule has 0 fully saturated rings. The molecule has 130 valence electrons. The molecule has 0 radical (unpaired) electrons. The van der Waals surface area contributed by atoms with Crippen molar-refractivity contribution in [3.8, 4) is 0 Å². The normalized spacial score (nSPS) is 7.52. The molecule has 0 aliphatic carbocycles. The molecule has 1 rings (SSSR count). The molecule has 0 N–H and O–H groups in total. The highest BCUT2D eigenvalue weighted by atomic mass is 19.4. The van der Waals surface area contributed by atoms with E-state index in [0.717, 1.165) is 17.7 Å². The van der Waals surface area contributed by atoms with E-state index in [1.807, 2.05) is 69.2 Å². The van der Waals surface area contributed by atoms with Gasteiger partial charge in [0, 0.05) is 0 Å². The third-order valence-electron chi connectivity index (χ3n) is 1.38. The van der Waals surface area contributed by atoms with Gasteiger partial charge in [-0.15, -0.1) is 0 Å². The molecule has 0 saturated heterocycles. The molecule has 21 heavy (non-hydrogen) atoms. The van der Waals surface area contributed by atoms with Crippen LogP contribution in [0.2, 0.25) is 0 Å². The zero-order chi connectivity index (χ0) is 18.5. The predicted octanol–water partition coefficient (Wildman–Crippen LogP) is 8.14. The molecular weight excluding hydrogens is 273 g/mol. The number of aryl methyl sites for hydroxylation is 1. The van der Waals surface area contributed by atoms with Crippen molar-refractivity contribution >= 4 is 0 Å². The van der Waals surface area contributed by atoms with Crippen LogP contribution in [0.5, 0.6) is 0 Å². The van der Waals surface area contributed by atoms with Crippen molar-refractivity contribution in [2.24, 2.45) is 0 Å². The maximum absolute atomic E-state index is 11.9. The molecule has 0 heterocycles. The van der Waals surface area contributed by atoms with Crippen molar-refractivity contribution in [3.05, 3.63) is 35.4 Å². The Bertz CT molecular complexity index is 236. The second-order valence-corrected chi connectivity index (χ2v) is 2.36. The Hall–Kier alpha value is -0.990. The fraction of sp³-hybridized carbons (Fsp3) is 0.667. The van der Waals surface area contributed by atoms with Gasteiger partial charge in [-0.1, -0.05) is 86.9 Å². The number of hydrogen-bond donors (Lipinski definition) is 0. The van der Waals surface area contributed by atoms with E-state index in [-0.39, 0.29) is 0 Å². The van der Waals surface area contributed by atoms with Crippen LogP contribution >= 0.6 is 0 Å². The van der Waals surface area contributed by atoms with Crippen LogP contribution in [-0.4, -0.2) is 0 Å². The monoisotopic (exact) mass is 310 g/mol. The Labute approximate surface area is 131 Å². The lowest BCUT2D eigenvalue weighted by Gasteiger charge is -2.05. The zero-order valence-electron chi connectivity index (χ0n) is 15.9. The molecule has 1 aromatic carbocycles. The zero-order valence-corrected chi connectivity index (χ0v) is 15.9. The summed E-state index contributed by atoms with van der Waals surface area (Å²) in [6, 6.07) is 5.05. The van der Waals surface area contributed by atoms with Crippen LogP contribution in [0.15, 0.2) is 24.3 Å². The number of hydrogen-bond acceptors (Lipinski definition) is 0. The molecule has 0 amide bonds. The van der Waals surface area contributed by atoms with E-state index < -0.39 is 11.7 Å². The lowest BCUT2D eigenvalue weighted by molar-refractivity contribution is -0.137. The van der Waals surface area contributed by atoms with E-state index in [9.17, 15) is 13.2 Å². The second-order valence-electron chi connectivity index (χ2n) is 2.36. The summed E-state index contributed by atoms with van der Waals surface area (Å²) in [7, 11) is 0. The molecular formula is C18H37F3. The van der Waals surface area contributed by atoms with Crippen LogP contribution in [0.25, 0.3) is 0 Å². The number of benzene rings is 1. The fourth-order valence-electron chi connectivity index (χ4n) is 0.743. The van der Waals surface area contributed by atoms with Crippen molar-refractivity contribution < 1.29 is 13.2 Å². The number of rotatable bonds is 0. The summed E-state index contributed by atoms with van der Waals surface area (Å²) < 4.78 is 35.8. The van der Waals surface area contributed by atoms with Crippen LogP contribution in [0.3, 0.4) is 0 Å². The summed E-state index contributed by atoms with van der Waals surface area (Å²) in [6.45, 7) is 21.8. The molecule has 0 aliphatic rings. The third-order valence-corrected chi connectivity index (χ3v) is 1.38. The summed E-state index contributed by atoms with van der Waals surface area (Å²) in [6.07, 6.45) is -4.21. The number of halogens is 3. The molecule has 0 atom stereocenters. The highest BCUT2D eigenvalue weighted by Crippen LogP contribution is 2.28. The highest BCUT2D eigenvalue weighted by Gasteiger charge is 2.29. The summed E-state index contributed by atoms with van der Waals surface area (Å²) in [5.74, 6) is 0. The van der Waals surface area contributed by atoms with Gasteiger partial charge in [-0.05, 0) is 19.1 Å². The first-order valence-electron chi connectivity index (χ1n) is 8.14. The summed E-state index contributed by atoms with van der Waals surface area (Å²) >= 11 is 0. The smallest absolute Gasteiger partial charge is 0.166 e. The van der Waals surface area contributed by atoms with Crippen LogP contribution in [-0.2, 0) is 6.18 Å². The Morgan fingerprint density at radius 1 is 0.571 bits per heavy atom. The first kappa shape index (κ1) is 32.1. The maximum Gasteiger partial charge on any atom is 0.416 e. The maximum atomic E-state index is 11.9. The Morgan fingerprint density at radius 3 is 1.00 bits per heavy atom. The highest BCUT2D eigenvalue weighted by molar-refractivity contribution is 5.23. The van der Waals surface area contributed by atoms with Gasteiger partial charge in [0.25, 0.3) is 0 Å². The van der Waals surface area contributed by atoms with E-state index >= 15 is 0 Å². The quantitative estimate of drug-likeness (QED) is 0.453. The number of alkyl halides is 3. The molecule has 0 saturated carbocycles. The molecule has 0 bridgehead atoms. The van der Waals surface area contributed by atoms with Crippen LogP contribution in [0, 0.1) is 6.92 Å². The minimum absolute atomic E-state index is 0.594. The first-order valence-corrected chi connectivity index (χ1v) is 8.14. The second kappa shape index (κ2) is 27.4. The van der Waals surface area contributed by atoms with Gasteiger partial charge in [0.2, 0.25) is 0 Å². The van der Waals surface area contributed by atoms with E-state index in [1.165, 1.54) is 12.1 Å². The first-order chi connectivity index (χ1) is 10.00. The van der Waals surface area contributed by atoms with E-state index in [2.05, 4.69) is 0 Å². The van der Waals surface area contributed by atoms with Crippen molar-refractivity contribution in [3.63, 3.8) is 0 Å². The largest absolute Gasteiger partial charge is 0.416 e. The Morgan fingerprint density at radius 2 is 0.810 bits per heavy atom. The van der Waals surface area contributed by atoms with Gasteiger partial charge in [0.05, 0.1) is 5.56 Å². The standard InChI is InChI=1S/C8H7F3.5C2H6/c1-6-2-4-7(5-3-6)8(9,10)11;5*1-2/h2-5H,1H3;5*1-2H3. The van der Waals surface area contributed by atoms with Gasteiger partial charge < -0.3 is 0 Å². The fourth-order valence-corrected chi connectivity index (χ4v) is 0.743. The average Bonchev–Trinajstić information content (AvgIpc) is 2.56. The van der Waals surface area contributed by atoms with Crippen LogP contribution in [0.4, 0.5) is 13.2 Å². The van der Waals surface area contributed by atoms with Crippen molar-refractivity contribution in [2.75, 3.05) is 0 Å². The van der Waals surface area contributed by atoms with Gasteiger partial charge >= 0.3 is 6.18 Å². The molecule has 1 aromatic rings. The van der Waals surface area contributed by atoms with Crippen LogP contribution in [0.1, 0.15) is 80.4 Å². The van der Waals surface area contributed by atoms with Gasteiger partial charge in [0.15, 0.2) is 0 Å². The lowest BCUT2D eigenvalue weighted by atomic mass is 10.1. The van der Waals surface area contributed by atoms with Gasteiger partial charge in [-0.25, -0.2) is 0 Å². The van der Waals surface area contributed by atoms with Crippen molar-refractivity contribution in [2.45, 2.75) is 82.3 Å². The van der Waals surface area contributed by atoms with E-state index in [0.29, 0.717) is 0 Å². The minimum atomic E-state index is -4.21. The topological polar surface area (TPSA) is 0 Å². The van der Waals surface area contributed by atoms with Gasteiger partial charge in [-0.3, -0.25) is 0 Å². The van der Waals surface area contributed by atoms with E-state index in [1.54, 1.807) is 6.92 Å². The van der Waals surface area contributed by atoms with E-state index in [4.69, 9.17) is 0 Å². The molecule has 0 aromatic heterocycles. The minimum Gasteiger partial charge on any atom is -0.166 e. The van der Waals surface area contributed by atoms with Gasteiger partial charge in [0.1, 0.15) is 0 Å². The predicted molar refractivity (Wildman–Crippen MR) is 92.9 cm³/mol. The Kier molecular flexibility index (Phi) is 41.8. The van der Waals surface area contributed by atoms with Crippen molar-refractivity contribution in [1.82, 2.24) is 0 Å². The summed E-state index contributed by atoms with van der Waals surface area (Å²) in [5, 5.41) is 0. The van der Waals surface area contributed by atoms with Gasteiger partial charge in [-0.2, -0.15) is 13.2 Å². The molecule has 0 unspecified atom stereocenters. The van der Waals surface area contributed by atoms with Crippen molar-refractivity contribution in [1.29, 1.82) is 0 Å². The lowest BCUT2D eigenvalue weighted by Crippen LogP contribution is -2.03. The average molecular weight is 310 g/mol. The summed E-state index contributed by atoms with van der Waals surface area (Å²) in [5.41, 5.74) is 0.237. The molecule has 0 aliphatic heterocycles. The molecule has 0 nitrogen and oxygen atoms in total. The third kappa shape index (κ3) is 24.4. The molecule has 3 heteroatoms. The SMILES string of the molecule is CC.CC.CC.CC.CC.Cc1ccc(C(F)(F)F)cc1. The summed E-state index contributed by atoms with van der Waals surface area (Å²) in [4.78, 5) is 0. The Balaban J connectivity index is -0.0000000727. The molecule has 0 spiro atoms. The van der Waals surface area contributed by atoms with Crippen LogP contribution < -0.4 is 0 Å².